The minimum absolute atomic E-state index is 0.485. The van der Waals surface area contributed by atoms with E-state index < -0.39 is 35.9 Å². The van der Waals surface area contributed by atoms with Gasteiger partial charge in [0.05, 0.1) is 11.8 Å². The van der Waals surface area contributed by atoms with Crippen molar-refractivity contribution in [3.05, 3.63) is 34.3 Å². The van der Waals surface area contributed by atoms with Gasteiger partial charge in [-0.15, -0.1) is 0 Å². The highest BCUT2D eigenvalue weighted by Gasteiger charge is 2.47. The normalized spacial score (nSPS) is 17.9. The third-order valence-corrected chi connectivity index (χ3v) is 4.61. The second-order valence-corrected chi connectivity index (χ2v) is 6.54. The molecule has 126 valence electrons. The van der Waals surface area contributed by atoms with Crippen molar-refractivity contribution in [1.82, 2.24) is 5.32 Å². The summed E-state index contributed by atoms with van der Waals surface area (Å²) in [4.78, 5) is 23.5. The Bertz CT molecular complexity index is 597. The van der Waals surface area contributed by atoms with Crippen LogP contribution < -0.4 is 5.32 Å². The van der Waals surface area contributed by atoms with Gasteiger partial charge in [0.2, 0.25) is 5.91 Å². The zero-order valence-corrected chi connectivity index (χ0v) is 13.6. The molecule has 2 N–H and O–H groups in total. The number of carboxylic acids is 1. The second kappa shape index (κ2) is 6.51. The second-order valence-electron chi connectivity index (χ2n) is 5.63. The van der Waals surface area contributed by atoms with Crippen LogP contribution in [0.2, 0.25) is 0 Å². The van der Waals surface area contributed by atoms with Gasteiger partial charge >= 0.3 is 12.1 Å². The predicted molar refractivity (Wildman–Crippen MR) is 79.9 cm³/mol. The summed E-state index contributed by atoms with van der Waals surface area (Å²) in [7, 11) is 0. The van der Waals surface area contributed by atoms with E-state index in [9.17, 15) is 22.8 Å². The van der Waals surface area contributed by atoms with Gasteiger partial charge in [0.1, 0.15) is 6.04 Å². The van der Waals surface area contributed by atoms with Gasteiger partial charge in [0.25, 0.3) is 0 Å². The zero-order valence-electron chi connectivity index (χ0n) is 12.0. The lowest BCUT2D eigenvalue weighted by molar-refractivity contribution is -0.161. The molecule has 0 aliphatic heterocycles. The zero-order chi connectivity index (χ0) is 17.3. The van der Waals surface area contributed by atoms with Crippen LogP contribution >= 0.6 is 15.9 Å². The van der Waals surface area contributed by atoms with E-state index in [-0.39, 0.29) is 0 Å². The van der Waals surface area contributed by atoms with Gasteiger partial charge in [-0.2, -0.15) is 13.2 Å². The minimum Gasteiger partial charge on any atom is -0.480 e. The summed E-state index contributed by atoms with van der Waals surface area (Å²) in [6, 6.07) is 4.96. The van der Waals surface area contributed by atoms with Crippen molar-refractivity contribution in [2.24, 2.45) is 0 Å². The molecule has 1 aliphatic rings. The Morgan fingerprint density at radius 2 is 1.83 bits per heavy atom. The fraction of sp³-hybridized carbons (Fsp3) is 0.467. The summed E-state index contributed by atoms with van der Waals surface area (Å²) in [6.07, 6.45) is -4.52. The van der Waals surface area contributed by atoms with Crippen LogP contribution in [0.4, 0.5) is 13.2 Å². The summed E-state index contributed by atoms with van der Waals surface area (Å²) in [5.74, 6) is -2.36. The first-order valence-corrected chi connectivity index (χ1v) is 7.80. The van der Waals surface area contributed by atoms with E-state index in [1.807, 2.05) is 0 Å². The Hall–Kier alpha value is -1.57. The lowest BCUT2D eigenvalue weighted by atomic mass is 9.63. The standard InChI is InChI=1S/C15H15BrF3NO3/c16-10-4-2-9(3-5-10)14(6-1-7-14)13(23)20-11(12(21)22)8-15(17,18)19/h2-5,11H,1,6-8H2,(H,20,23)(H,21,22). The molecule has 0 spiro atoms. The molecule has 1 aromatic carbocycles. The minimum atomic E-state index is -4.67. The van der Waals surface area contributed by atoms with Crippen LogP contribution in [0.3, 0.4) is 0 Å². The molecule has 1 unspecified atom stereocenters. The van der Waals surface area contributed by atoms with E-state index in [4.69, 9.17) is 5.11 Å². The highest BCUT2D eigenvalue weighted by molar-refractivity contribution is 9.10. The molecule has 0 bridgehead atoms. The average Bonchev–Trinajstić information content (AvgIpc) is 2.37. The number of nitrogens with one attached hydrogen (secondary N) is 1. The van der Waals surface area contributed by atoms with E-state index in [0.717, 1.165) is 10.9 Å². The van der Waals surface area contributed by atoms with Crippen LogP contribution in [0, 0.1) is 0 Å². The molecule has 4 nitrogen and oxygen atoms in total. The first-order valence-electron chi connectivity index (χ1n) is 7.01. The number of alkyl halides is 3. The Morgan fingerprint density at radius 3 is 2.22 bits per heavy atom. The lowest BCUT2D eigenvalue weighted by Gasteiger charge is -2.41. The van der Waals surface area contributed by atoms with Crippen LogP contribution in [-0.2, 0) is 15.0 Å². The monoisotopic (exact) mass is 393 g/mol. The third kappa shape index (κ3) is 4.04. The van der Waals surface area contributed by atoms with Gasteiger partial charge in [-0.3, -0.25) is 4.79 Å². The number of hydrogen-bond acceptors (Lipinski definition) is 2. The van der Waals surface area contributed by atoms with Crippen LogP contribution in [0.1, 0.15) is 31.2 Å². The van der Waals surface area contributed by atoms with Gasteiger partial charge < -0.3 is 10.4 Å². The van der Waals surface area contributed by atoms with Gasteiger partial charge in [-0.1, -0.05) is 34.5 Å². The molecule has 1 saturated carbocycles. The number of aliphatic carboxylic acids is 1. The van der Waals surface area contributed by atoms with Crippen LogP contribution in [0.25, 0.3) is 0 Å². The Balaban J connectivity index is 2.19. The van der Waals surface area contributed by atoms with Crippen molar-refractivity contribution < 1.29 is 27.9 Å². The number of halogens is 4. The maximum absolute atomic E-state index is 12.5. The molecular weight excluding hydrogens is 379 g/mol. The summed E-state index contributed by atoms with van der Waals surface area (Å²) in [6.45, 7) is 0. The molecule has 2 rings (SSSR count). The molecule has 1 aromatic rings. The molecule has 1 amide bonds. The van der Waals surface area contributed by atoms with Crippen molar-refractivity contribution in [2.75, 3.05) is 0 Å². The Morgan fingerprint density at radius 1 is 1.26 bits per heavy atom. The number of carbonyl (C=O) groups excluding carboxylic acids is 1. The first kappa shape index (κ1) is 17.8. The number of hydrogen-bond donors (Lipinski definition) is 2. The molecule has 23 heavy (non-hydrogen) atoms. The molecule has 0 radical (unpaired) electrons. The summed E-state index contributed by atoms with van der Waals surface area (Å²) >= 11 is 3.28. The largest absolute Gasteiger partial charge is 0.480 e. The quantitative estimate of drug-likeness (QED) is 0.805. The van der Waals surface area contributed by atoms with E-state index in [0.29, 0.717) is 18.4 Å². The number of carboxylic acid groups (broad SMARTS) is 1. The number of benzene rings is 1. The number of rotatable bonds is 5. The van der Waals surface area contributed by atoms with E-state index in [2.05, 4.69) is 21.2 Å². The first-order chi connectivity index (χ1) is 10.6. The van der Waals surface area contributed by atoms with Gasteiger partial charge in [-0.25, -0.2) is 4.79 Å². The molecule has 1 fully saturated rings. The van der Waals surface area contributed by atoms with Crippen LogP contribution in [0.15, 0.2) is 28.7 Å². The van der Waals surface area contributed by atoms with Crippen molar-refractivity contribution in [3.63, 3.8) is 0 Å². The van der Waals surface area contributed by atoms with E-state index in [1.54, 1.807) is 24.3 Å². The van der Waals surface area contributed by atoms with Crippen molar-refractivity contribution in [2.45, 2.75) is 43.3 Å². The van der Waals surface area contributed by atoms with Gasteiger partial charge in [0, 0.05) is 4.47 Å². The smallest absolute Gasteiger partial charge is 0.391 e. The fourth-order valence-electron chi connectivity index (χ4n) is 2.67. The van der Waals surface area contributed by atoms with Gasteiger partial charge in [0.15, 0.2) is 0 Å². The lowest BCUT2D eigenvalue weighted by Crippen LogP contribution is -2.54. The highest BCUT2D eigenvalue weighted by Crippen LogP contribution is 2.44. The SMILES string of the molecule is O=C(O)C(CC(F)(F)F)NC(=O)C1(c2ccc(Br)cc2)CCC1. The molecule has 0 saturated heterocycles. The average molecular weight is 394 g/mol. The molecule has 1 aliphatic carbocycles. The van der Waals surface area contributed by atoms with Crippen LogP contribution in [-0.4, -0.2) is 29.2 Å². The molecular formula is C15H15BrF3NO3. The molecule has 1 atom stereocenters. The van der Waals surface area contributed by atoms with Crippen LogP contribution in [0.5, 0.6) is 0 Å². The van der Waals surface area contributed by atoms with E-state index >= 15 is 0 Å². The van der Waals surface area contributed by atoms with Crippen molar-refractivity contribution in [1.29, 1.82) is 0 Å². The summed E-state index contributed by atoms with van der Waals surface area (Å²) in [5, 5.41) is 11.0. The van der Waals surface area contributed by atoms with Gasteiger partial charge in [-0.05, 0) is 30.5 Å². The number of amides is 1. The van der Waals surface area contributed by atoms with E-state index in [1.165, 1.54) is 0 Å². The maximum atomic E-state index is 12.5. The van der Waals surface area contributed by atoms with Crippen molar-refractivity contribution >= 4 is 27.8 Å². The molecule has 8 heteroatoms. The highest BCUT2D eigenvalue weighted by atomic mass is 79.9. The summed E-state index contributed by atoms with van der Waals surface area (Å²) < 4.78 is 38.2. The molecule has 0 heterocycles. The van der Waals surface area contributed by atoms with Crippen molar-refractivity contribution in [3.8, 4) is 0 Å². The summed E-state index contributed by atoms with van der Waals surface area (Å²) in [5.41, 5.74) is -0.263. The predicted octanol–water partition coefficient (Wildman–Crippen LogP) is 3.39. The third-order valence-electron chi connectivity index (χ3n) is 4.08. The number of carbonyl (C=O) groups is 2. The fourth-order valence-corrected chi connectivity index (χ4v) is 2.94. The Labute approximate surface area is 139 Å². The topological polar surface area (TPSA) is 66.4 Å². The Kier molecular flexibility index (Phi) is 5.03. The molecule has 0 aromatic heterocycles. The maximum Gasteiger partial charge on any atom is 0.391 e.